The Morgan fingerprint density at radius 2 is 1.57 bits per heavy atom. The number of rotatable bonds is 6. The molecule has 0 aliphatic rings. The lowest BCUT2D eigenvalue weighted by atomic mass is 10.1. The normalized spacial score (nSPS) is 11.4. The minimum Gasteiger partial charge on any atom is -0.332 e. The minimum absolute atomic E-state index is 0.101. The Morgan fingerprint density at radius 1 is 0.964 bits per heavy atom. The molecule has 0 atom stereocenters. The van der Waals surface area contributed by atoms with Gasteiger partial charge in [-0.3, -0.25) is 9.59 Å². The molecule has 1 N–H and O–H groups in total. The molecular weight excluding hydrogens is 378 g/mol. The second-order valence-electron chi connectivity index (χ2n) is 6.77. The van der Waals surface area contributed by atoms with E-state index < -0.39 is 10.0 Å². The molecule has 0 fully saturated rings. The molecule has 0 aliphatic carbocycles. The fourth-order valence-corrected chi connectivity index (χ4v) is 3.47. The van der Waals surface area contributed by atoms with Crippen LogP contribution in [0.2, 0.25) is 0 Å². The zero-order chi connectivity index (χ0) is 21.1. The first-order valence-electron chi connectivity index (χ1n) is 8.68. The summed E-state index contributed by atoms with van der Waals surface area (Å²) < 4.78 is 25.3. The Hall–Kier alpha value is -2.71. The van der Waals surface area contributed by atoms with Gasteiger partial charge in [0.25, 0.3) is 5.91 Å². The first kappa shape index (κ1) is 21.6. The molecule has 0 unspecified atom stereocenters. The maximum atomic E-state index is 12.5. The molecule has 7 nitrogen and oxygen atoms in total. The Morgan fingerprint density at radius 3 is 2.14 bits per heavy atom. The van der Waals surface area contributed by atoms with Gasteiger partial charge in [-0.2, -0.15) is 0 Å². The number of anilines is 1. The van der Waals surface area contributed by atoms with Crippen LogP contribution in [0.1, 0.15) is 21.5 Å². The zero-order valence-corrected chi connectivity index (χ0v) is 17.5. The highest BCUT2D eigenvalue weighted by atomic mass is 32.2. The predicted molar refractivity (Wildman–Crippen MR) is 109 cm³/mol. The first-order valence-corrected chi connectivity index (χ1v) is 10.1. The zero-order valence-electron chi connectivity index (χ0n) is 16.7. The third-order valence-corrected chi connectivity index (χ3v) is 6.32. The number of hydrogen-bond donors (Lipinski definition) is 1. The molecule has 0 saturated carbocycles. The number of sulfonamides is 1. The summed E-state index contributed by atoms with van der Waals surface area (Å²) in [6.45, 7) is 3.76. The van der Waals surface area contributed by atoms with E-state index in [1.165, 1.54) is 50.3 Å². The van der Waals surface area contributed by atoms with Gasteiger partial charge in [0, 0.05) is 32.4 Å². The van der Waals surface area contributed by atoms with Gasteiger partial charge in [0.1, 0.15) is 0 Å². The van der Waals surface area contributed by atoms with Crippen molar-refractivity contribution in [2.75, 3.05) is 33.0 Å². The number of carbonyl (C=O) groups is 2. The van der Waals surface area contributed by atoms with Crippen LogP contribution in [-0.4, -0.2) is 57.1 Å². The second-order valence-corrected chi connectivity index (χ2v) is 8.92. The van der Waals surface area contributed by atoms with Crippen molar-refractivity contribution in [3.8, 4) is 0 Å². The average molecular weight is 404 g/mol. The summed E-state index contributed by atoms with van der Waals surface area (Å²) in [6, 6.07) is 11.3. The summed E-state index contributed by atoms with van der Waals surface area (Å²) in [5, 5.41) is 2.81. The highest BCUT2D eigenvalue weighted by molar-refractivity contribution is 7.89. The van der Waals surface area contributed by atoms with E-state index in [4.69, 9.17) is 0 Å². The number of carbonyl (C=O) groups excluding carboxylic acids is 2. The van der Waals surface area contributed by atoms with Crippen LogP contribution in [0, 0.1) is 13.8 Å². The molecule has 0 spiro atoms. The number of likely N-dealkylation sites (N-methyl/N-ethyl adjacent to an activating group) is 1. The monoisotopic (exact) mass is 403 g/mol. The van der Waals surface area contributed by atoms with Gasteiger partial charge in [-0.1, -0.05) is 12.1 Å². The number of amides is 2. The lowest BCUT2D eigenvalue weighted by Crippen LogP contribution is -2.35. The van der Waals surface area contributed by atoms with Crippen LogP contribution in [0.4, 0.5) is 5.69 Å². The predicted octanol–water partition coefficient (Wildman–Crippen LogP) is 2.26. The van der Waals surface area contributed by atoms with Gasteiger partial charge in [-0.15, -0.1) is 0 Å². The molecule has 28 heavy (non-hydrogen) atoms. The largest absolute Gasteiger partial charge is 0.332 e. The van der Waals surface area contributed by atoms with Gasteiger partial charge in [-0.05, 0) is 55.3 Å². The molecule has 8 heteroatoms. The number of nitrogens with one attached hydrogen (secondary N) is 1. The number of hydrogen-bond acceptors (Lipinski definition) is 4. The Labute approximate surface area is 166 Å². The smallest absolute Gasteiger partial charge is 0.254 e. The number of nitrogens with zero attached hydrogens (tertiary/aromatic N) is 2. The van der Waals surface area contributed by atoms with Crippen molar-refractivity contribution in [1.82, 2.24) is 9.21 Å². The van der Waals surface area contributed by atoms with E-state index >= 15 is 0 Å². The minimum atomic E-state index is -3.56. The van der Waals surface area contributed by atoms with Crippen LogP contribution >= 0.6 is 0 Å². The summed E-state index contributed by atoms with van der Waals surface area (Å²) in [7, 11) is 0.849. The molecule has 0 aromatic heterocycles. The van der Waals surface area contributed by atoms with E-state index in [9.17, 15) is 18.0 Å². The quantitative estimate of drug-likeness (QED) is 0.802. The van der Waals surface area contributed by atoms with Crippen molar-refractivity contribution < 1.29 is 18.0 Å². The summed E-state index contributed by atoms with van der Waals surface area (Å²) in [6.07, 6.45) is 0. The van der Waals surface area contributed by atoms with Gasteiger partial charge >= 0.3 is 0 Å². The molecule has 0 aliphatic heterocycles. The molecule has 2 rings (SSSR count). The molecule has 0 bridgehead atoms. The molecular formula is C20H25N3O4S. The lowest BCUT2D eigenvalue weighted by molar-refractivity contribution is -0.116. The second kappa shape index (κ2) is 8.53. The molecule has 0 radical (unpaired) electrons. The van der Waals surface area contributed by atoms with Crippen molar-refractivity contribution in [3.05, 3.63) is 59.2 Å². The van der Waals surface area contributed by atoms with Gasteiger partial charge in [0.15, 0.2) is 0 Å². The third kappa shape index (κ3) is 4.76. The highest BCUT2D eigenvalue weighted by Crippen LogP contribution is 2.18. The molecule has 0 saturated heterocycles. The SMILES string of the molecule is Cc1cccc(NC(=O)CN(C)C(=O)c2ccc(S(=O)(=O)N(C)C)cc2)c1C. The van der Waals surface area contributed by atoms with Crippen LogP contribution in [0.3, 0.4) is 0 Å². The van der Waals surface area contributed by atoms with Crippen LogP contribution in [0.25, 0.3) is 0 Å². The van der Waals surface area contributed by atoms with Crippen LogP contribution in [-0.2, 0) is 14.8 Å². The topological polar surface area (TPSA) is 86.8 Å². The van der Waals surface area contributed by atoms with E-state index in [0.29, 0.717) is 11.3 Å². The Bertz CT molecular complexity index is 983. The summed E-state index contributed by atoms with van der Waals surface area (Å²) in [5.41, 5.74) is 3.06. The van der Waals surface area contributed by atoms with Crippen molar-refractivity contribution >= 4 is 27.5 Å². The molecule has 2 amide bonds. The Balaban J connectivity index is 2.06. The van der Waals surface area contributed by atoms with Crippen molar-refractivity contribution in [3.63, 3.8) is 0 Å². The summed E-state index contributed by atoms with van der Waals surface area (Å²) in [4.78, 5) is 26.2. The number of aryl methyl sites for hydroxylation is 1. The van der Waals surface area contributed by atoms with E-state index in [0.717, 1.165) is 15.4 Å². The molecule has 2 aromatic rings. The van der Waals surface area contributed by atoms with Crippen LogP contribution in [0.5, 0.6) is 0 Å². The number of benzene rings is 2. The standard InChI is InChI=1S/C20H25N3O4S/c1-14-7-6-8-18(15(14)2)21-19(24)13-23(5)20(25)16-9-11-17(12-10-16)28(26,27)22(3)4/h6-12H,13H2,1-5H3,(H,21,24). The lowest BCUT2D eigenvalue weighted by Gasteiger charge is -2.18. The molecule has 0 heterocycles. The fourth-order valence-electron chi connectivity index (χ4n) is 2.56. The third-order valence-electron chi connectivity index (χ3n) is 4.49. The highest BCUT2D eigenvalue weighted by Gasteiger charge is 2.19. The van der Waals surface area contributed by atoms with E-state index in [1.807, 2.05) is 32.0 Å². The van der Waals surface area contributed by atoms with Crippen molar-refractivity contribution in [2.24, 2.45) is 0 Å². The van der Waals surface area contributed by atoms with Gasteiger partial charge in [-0.25, -0.2) is 12.7 Å². The van der Waals surface area contributed by atoms with Gasteiger partial charge < -0.3 is 10.2 Å². The van der Waals surface area contributed by atoms with Crippen LogP contribution in [0.15, 0.2) is 47.4 Å². The van der Waals surface area contributed by atoms with E-state index in [-0.39, 0.29) is 23.3 Å². The van der Waals surface area contributed by atoms with Gasteiger partial charge in [0.05, 0.1) is 11.4 Å². The summed E-state index contributed by atoms with van der Waals surface area (Å²) >= 11 is 0. The molecule has 2 aromatic carbocycles. The van der Waals surface area contributed by atoms with Crippen molar-refractivity contribution in [1.29, 1.82) is 0 Å². The van der Waals surface area contributed by atoms with E-state index in [1.54, 1.807) is 0 Å². The maximum absolute atomic E-state index is 12.5. The van der Waals surface area contributed by atoms with Crippen molar-refractivity contribution in [2.45, 2.75) is 18.7 Å². The fraction of sp³-hybridized carbons (Fsp3) is 0.300. The molecule has 150 valence electrons. The van der Waals surface area contributed by atoms with Gasteiger partial charge in [0.2, 0.25) is 15.9 Å². The average Bonchev–Trinajstić information content (AvgIpc) is 2.64. The first-order chi connectivity index (χ1) is 13.0. The Kier molecular flexibility index (Phi) is 6.58. The maximum Gasteiger partial charge on any atom is 0.254 e. The van der Waals surface area contributed by atoms with E-state index in [2.05, 4.69) is 5.32 Å². The van der Waals surface area contributed by atoms with Crippen LogP contribution < -0.4 is 5.32 Å². The summed E-state index contributed by atoms with van der Waals surface area (Å²) in [5.74, 6) is -0.679.